The minimum Gasteiger partial charge on any atom is -0.493 e. The molecule has 1 atom stereocenters. The molecule has 0 N–H and O–H groups in total. The van der Waals surface area contributed by atoms with E-state index in [1.165, 1.54) is 16.2 Å². The van der Waals surface area contributed by atoms with Gasteiger partial charge in [-0.3, -0.25) is 0 Å². The average molecular weight is 369 g/mol. The van der Waals surface area contributed by atoms with Gasteiger partial charge >= 0.3 is 0 Å². The summed E-state index contributed by atoms with van der Waals surface area (Å²) in [5.41, 5.74) is 1.98. The molecule has 0 amide bonds. The molecule has 0 bridgehead atoms. The quantitative estimate of drug-likeness (QED) is 0.808. The highest BCUT2D eigenvalue weighted by atomic mass is 32.1. The van der Waals surface area contributed by atoms with Gasteiger partial charge in [-0.25, -0.2) is 5.01 Å². The van der Waals surface area contributed by atoms with E-state index in [9.17, 15) is 0 Å². The van der Waals surface area contributed by atoms with E-state index in [-0.39, 0.29) is 11.8 Å². The summed E-state index contributed by atoms with van der Waals surface area (Å²) in [6.45, 7) is 2.02. The first kappa shape index (κ1) is 16.1. The highest BCUT2D eigenvalue weighted by Crippen LogP contribution is 2.52. The number of nitrogens with zero attached hydrogens (tertiary/aromatic N) is 3. The SMILES string of the molecule is COc1cccc2c1OC1(CCN(C)CC1)N1N=C(c3cccs3)C[C@H]21. The van der Waals surface area contributed by atoms with Gasteiger partial charge in [0.1, 0.15) is 0 Å². The lowest BCUT2D eigenvalue weighted by Gasteiger charge is -2.50. The number of rotatable bonds is 2. The number of piperidine rings is 1. The topological polar surface area (TPSA) is 37.3 Å². The number of hydrazone groups is 1. The first-order chi connectivity index (χ1) is 12.7. The van der Waals surface area contributed by atoms with Gasteiger partial charge < -0.3 is 14.4 Å². The second-order valence-corrected chi connectivity index (χ2v) is 8.27. The zero-order valence-electron chi connectivity index (χ0n) is 15.1. The standard InChI is InChI=1S/C20H23N3O2S/c1-22-10-8-20(9-11-22)23-16(13-15(21-23)18-7-4-12-26-18)14-5-3-6-17(24-2)19(14)25-20/h3-7,12,16H,8-11,13H2,1-2H3/t16-/m1/s1. The number of para-hydroxylation sites is 1. The lowest BCUT2D eigenvalue weighted by Crippen LogP contribution is -2.58. The molecule has 4 heterocycles. The number of benzene rings is 1. The van der Waals surface area contributed by atoms with Gasteiger partial charge in [-0.15, -0.1) is 11.3 Å². The van der Waals surface area contributed by atoms with Crippen molar-refractivity contribution in [3.05, 3.63) is 46.2 Å². The van der Waals surface area contributed by atoms with Crippen LogP contribution in [0, 0.1) is 0 Å². The van der Waals surface area contributed by atoms with E-state index in [2.05, 4.69) is 46.6 Å². The summed E-state index contributed by atoms with van der Waals surface area (Å²) < 4.78 is 12.3. The Hall–Kier alpha value is -2.05. The van der Waals surface area contributed by atoms with E-state index < -0.39 is 0 Å². The van der Waals surface area contributed by atoms with E-state index in [1.807, 2.05) is 6.07 Å². The molecule has 136 valence electrons. The molecule has 0 saturated carbocycles. The normalized spacial score (nSPS) is 24.0. The van der Waals surface area contributed by atoms with Gasteiger partial charge in [0.25, 0.3) is 0 Å². The molecule has 1 fully saturated rings. The van der Waals surface area contributed by atoms with Crippen LogP contribution < -0.4 is 9.47 Å². The monoisotopic (exact) mass is 369 g/mol. The maximum Gasteiger partial charge on any atom is 0.200 e. The van der Waals surface area contributed by atoms with Crippen molar-refractivity contribution in [2.75, 3.05) is 27.2 Å². The number of hydrogen-bond acceptors (Lipinski definition) is 6. The molecule has 0 unspecified atom stereocenters. The summed E-state index contributed by atoms with van der Waals surface area (Å²) >= 11 is 1.76. The molecule has 5 nitrogen and oxygen atoms in total. The maximum atomic E-state index is 6.68. The molecule has 1 saturated heterocycles. The Morgan fingerprint density at radius 3 is 2.81 bits per heavy atom. The molecule has 6 heteroatoms. The fraction of sp³-hybridized carbons (Fsp3) is 0.450. The first-order valence-corrected chi connectivity index (χ1v) is 10.0. The van der Waals surface area contributed by atoms with Crippen LogP contribution in [0.15, 0.2) is 40.8 Å². The number of fused-ring (bicyclic) bond motifs is 4. The Kier molecular flexibility index (Phi) is 3.72. The summed E-state index contributed by atoms with van der Waals surface area (Å²) in [5, 5.41) is 9.46. The number of methoxy groups -OCH3 is 1. The van der Waals surface area contributed by atoms with Crippen LogP contribution >= 0.6 is 11.3 Å². The molecular formula is C20H23N3O2S. The van der Waals surface area contributed by atoms with Gasteiger partial charge in [-0.2, -0.15) is 5.10 Å². The van der Waals surface area contributed by atoms with Crippen LogP contribution in [0.2, 0.25) is 0 Å². The van der Waals surface area contributed by atoms with Gasteiger partial charge in [-0.1, -0.05) is 18.2 Å². The molecule has 1 aromatic carbocycles. The Bertz CT molecular complexity index is 841. The summed E-state index contributed by atoms with van der Waals surface area (Å²) in [5.74, 6) is 1.73. The molecule has 1 aromatic heterocycles. The molecule has 0 radical (unpaired) electrons. The van der Waals surface area contributed by atoms with Crippen molar-refractivity contribution in [3.63, 3.8) is 0 Å². The van der Waals surface area contributed by atoms with Crippen LogP contribution in [0.3, 0.4) is 0 Å². The fourth-order valence-electron chi connectivity index (χ4n) is 4.32. The molecule has 1 spiro atoms. The minimum atomic E-state index is -0.377. The number of ether oxygens (including phenoxy) is 2. The van der Waals surface area contributed by atoms with E-state index >= 15 is 0 Å². The lowest BCUT2D eigenvalue weighted by molar-refractivity contribution is -0.148. The molecule has 0 aliphatic carbocycles. The Morgan fingerprint density at radius 2 is 2.08 bits per heavy atom. The van der Waals surface area contributed by atoms with Crippen molar-refractivity contribution in [3.8, 4) is 11.5 Å². The third-order valence-corrected chi connectivity index (χ3v) is 6.70. The van der Waals surface area contributed by atoms with Gasteiger partial charge in [0.2, 0.25) is 5.72 Å². The molecular weight excluding hydrogens is 346 g/mol. The first-order valence-electron chi connectivity index (χ1n) is 9.15. The zero-order valence-corrected chi connectivity index (χ0v) is 16.0. The van der Waals surface area contributed by atoms with Crippen molar-refractivity contribution in [2.45, 2.75) is 31.0 Å². The van der Waals surface area contributed by atoms with Gasteiger partial charge in [0.05, 0.1) is 23.7 Å². The molecule has 26 heavy (non-hydrogen) atoms. The largest absolute Gasteiger partial charge is 0.493 e. The Morgan fingerprint density at radius 1 is 1.23 bits per heavy atom. The maximum absolute atomic E-state index is 6.68. The van der Waals surface area contributed by atoms with E-state index in [4.69, 9.17) is 14.6 Å². The van der Waals surface area contributed by atoms with Crippen molar-refractivity contribution in [2.24, 2.45) is 5.10 Å². The molecule has 3 aliphatic rings. The van der Waals surface area contributed by atoms with Crippen LogP contribution in [-0.2, 0) is 0 Å². The number of likely N-dealkylation sites (tertiary alicyclic amines) is 1. The van der Waals surface area contributed by atoms with Crippen LogP contribution in [0.1, 0.15) is 35.7 Å². The van der Waals surface area contributed by atoms with Crippen LogP contribution in [0.4, 0.5) is 0 Å². The fourth-order valence-corrected chi connectivity index (χ4v) is 5.04. The summed E-state index contributed by atoms with van der Waals surface area (Å²) in [6, 6.07) is 10.7. The van der Waals surface area contributed by atoms with Crippen LogP contribution in [0.5, 0.6) is 11.5 Å². The molecule has 3 aliphatic heterocycles. The third-order valence-electron chi connectivity index (χ3n) is 5.78. The van der Waals surface area contributed by atoms with Crippen molar-refractivity contribution in [1.29, 1.82) is 0 Å². The summed E-state index contributed by atoms with van der Waals surface area (Å²) in [6.07, 6.45) is 2.80. The van der Waals surface area contributed by atoms with E-state index in [0.717, 1.165) is 43.9 Å². The summed E-state index contributed by atoms with van der Waals surface area (Å²) in [4.78, 5) is 3.62. The predicted octanol–water partition coefficient (Wildman–Crippen LogP) is 3.72. The Balaban J connectivity index is 1.62. The highest BCUT2D eigenvalue weighted by Gasteiger charge is 2.52. The lowest BCUT2D eigenvalue weighted by atomic mass is 9.91. The molecule has 5 rings (SSSR count). The van der Waals surface area contributed by atoms with Crippen LogP contribution in [0.25, 0.3) is 0 Å². The second kappa shape index (κ2) is 5.99. The summed E-state index contributed by atoms with van der Waals surface area (Å²) in [7, 11) is 3.89. The van der Waals surface area contributed by atoms with Gasteiger partial charge in [-0.05, 0) is 24.6 Å². The van der Waals surface area contributed by atoms with E-state index in [1.54, 1.807) is 18.4 Å². The van der Waals surface area contributed by atoms with Crippen molar-refractivity contribution >= 4 is 17.0 Å². The third kappa shape index (κ3) is 2.36. The van der Waals surface area contributed by atoms with Gasteiger partial charge in [0, 0.05) is 37.9 Å². The average Bonchev–Trinajstić information content (AvgIpc) is 3.34. The number of hydrogen-bond donors (Lipinski definition) is 0. The van der Waals surface area contributed by atoms with E-state index in [0.29, 0.717) is 0 Å². The van der Waals surface area contributed by atoms with Gasteiger partial charge in [0.15, 0.2) is 11.5 Å². The zero-order chi connectivity index (χ0) is 17.7. The minimum absolute atomic E-state index is 0.217. The second-order valence-electron chi connectivity index (χ2n) is 7.32. The Labute approximate surface area is 157 Å². The highest BCUT2D eigenvalue weighted by molar-refractivity contribution is 7.12. The van der Waals surface area contributed by atoms with Crippen molar-refractivity contribution in [1.82, 2.24) is 9.91 Å². The number of thiophene rings is 1. The van der Waals surface area contributed by atoms with Crippen molar-refractivity contribution < 1.29 is 9.47 Å². The smallest absolute Gasteiger partial charge is 0.200 e. The molecule has 2 aromatic rings. The predicted molar refractivity (Wildman–Crippen MR) is 103 cm³/mol. The van der Waals surface area contributed by atoms with Crippen LogP contribution in [-0.4, -0.2) is 48.6 Å².